The van der Waals surface area contributed by atoms with Crippen LogP contribution in [0.25, 0.3) is 0 Å². The van der Waals surface area contributed by atoms with Gasteiger partial charge in [0.2, 0.25) is 5.91 Å². The van der Waals surface area contributed by atoms with Crippen molar-refractivity contribution in [2.45, 2.75) is 65.2 Å². The minimum absolute atomic E-state index is 0.120. The monoisotopic (exact) mass is 311 g/mol. The molecule has 1 amide bonds. The Kier molecular flexibility index (Phi) is 8.74. The van der Waals surface area contributed by atoms with Crippen molar-refractivity contribution in [2.24, 2.45) is 5.92 Å². The molecule has 0 aliphatic carbocycles. The van der Waals surface area contributed by atoms with E-state index in [2.05, 4.69) is 20.4 Å². The zero-order valence-corrected chi connectivity index (χ0v) is 14.3. The molecule has 1 saturated heterocycles. The van der Waals surface area contributed by atoms with Crippen LogP contribution in [0.2, 0.25) is 0 Å². The highest BCUT2D eigenvalue weighted by Gasteiger charge is 2.21. The van der Waals surface area contributed by atoms with Crippen molar-refractivity contribution in [2.75, 3.05) is 12.3 Å². The van der Waals surface area contributed by atoms with Gasteiger partial charge in [-0.05, 0) is 18.8 Å². The number of rotatable bonds is 10. The molecule has 1 rings (SSSR count). The Balaban J connectivity index is 2.02. The van der Waals surface area contributed by atoms with Crippen LogP contribution in [0.5, 0.6) is 0 Å². The van der Waals surface area contributed by atoms with Crippen LogP contribution in [0.1, 0.15) is 65.2 Å². The molecule has 0 radical (unpaired) electrons. The Morgan fingerprint density at radius 2 is 1.86 bits per heavy atom. The number of Topliss-reactive ketones (excluding diaryl/α,β-unsaturated/α-hetero) is 1. The molecule has 21 heavy (non-hydrogen) atoms. The summed E-state index contributed by atoms with van der Waals surface area (Å²) in [6, 6.07) is 0. The van der Waals surface area contributed by atoms with E-state index in [1.807, 2.05) is 0 Å². The average molecular weight is 311 g/mol. The van der Waals surface area contributed by atoms with Crippen molar-refractivity contribution in [3.8, 4) is 0 Å². The SMILES string of the molecule is C=C1SCCN1C(=O)CCCC(=O)CCCCCC(C)C. The molecular weight excluding hydrogens is 282 g/mol. The van der Waals surface area contributed by atoms with Gasteiger partial charge in [-0.1, -0.05) is 39.7 Å². The van der Waals surface area contributed by atoms with Crippen molar-refractivity contribution in [3.05, 3.63) is 11.6 Å². The fourth-order valence-corrected chi connectivity index (χ4v) is 3.33. The molecule has 0 bridgehead atoms. The zero-order valence-electron chi connectivity index (χ0n) is 13.5. The Morgan fingerprint density at radius 3 is 2.48 bits per heavy atom. The van der Waals surface area contributed by atoms with Crippen LogP contribution in [-0.2, 0) is 9.59 Å². The summed E-state index contributed by atoms with van der Waals surface area (Å²) in [6.45, 7) is 9.10. The third-order valence-electron chi connectivity index (χ3n) is 3.77. The highest BCUT2D eigenvalue weighted by molar-refractivity contribution is 8.03. The van der Waals surface area contributed by atoms with Gasteiger partial charge in [0.25, 0.3) is 0 Å². The van der Waals surface area contributed by atoms with E-state index < -0.39 is 0 Å². The van der Waals surface area contributed by atoms with E-state index in [1.165, 1.54) is 12.8 Å². The number of carbonyl (C=O) groups is 2. The van der Waals surface area contributed by atoms with Gasteiger partial charge in [0.05, 0.1) is 5.03 Å². The molecule has 3 nitrogen and oxygen atoms in total. The number of unbranched alkanes of at least 4 members (excludes halogenated alkanes) is 2. The minimum Gasteiger partial charge on any atom is -0.306 e. The maximum atomic E-state index is 11.9. The largest absolute Gasteiger partial charge is 0.306 e. The van der Waals surface area contributed by atoms with Gasteiger partial charge in [0.1, 0.15) is 5.78 Å². The quantitative estimate of drug-likeness (QED) is 0.562. The lowest BCUT2D eigenvalue weighted by Crippen LogP contribution is -2.26. The first-order chi connectivity index (χ1) is 10.0. The Morgan fingerprint density at radius 1 is 1.14 bits per heavy atom. The second-order valence-electron chi connectivity index (χ2n) is 6.17. The van der Waals surface area contributed by atoms with Crippen molar-refractivity contribution in [1.82, 2.24) is 4.90 Å². The summed E-state index contributed by atoms with van der Waals surface area (Å²) in [5.41, 5.74) is 0. The summed E-state index contributed by atoms with van der Waals surface area (Å²) >= 11 is 1.63. The smallest absolute Gasteiger partial charge is 0.227 e. The number of nitrogens with zero attached hydrogens (tertiary/aromatic N) is 1. The number of thioether (sulfide) groups is 1. The number of hydrogen-bond acceptors (Lipinski definition) is 3. The molecule has 0 spiro atoms. The number of amides is 1. The molecule has 0 aromatic carbocycles. The van der Waals surface area contributed by atoms with Crippen LogP contribution < -0.4 is 0 Å². The summed E-state index contributed by atoms with van der Waals surface area (Å²) in [7, 11) is 0. The van der Waals surface area contributed by atoms with Gasteiger partial charge in [-0.2, -0.15) is 0 Å². The second-order valence-corrected chi connectivity index (χ2v) is 7.34. The third kappa shape index (κ3) is 7.70. The highest BCUT2D eigenvalue weighted by atomic mass is 32.2. The van der Waals surface area contributed by atoms with Gasteiger partial charge in [-0.15, -0.1) is 11.8 Å². The van der Waals surface area contributed by atoms with E-state index in [-0.39, 0.29) is 5.91 Å². The molecule has 0 N–H and O–H groups in total. The Bertz CT molecular complexity index is 366. The maximum Gasteiger partial charge on any atom is 0.227 e. The van der Waals surface area contributed by atoms with E-state index in [0.717, 1.165) is 36.1 Å². The molecule has 0 saturated carbocycles. The number of carbonyl (C=O) groups excluding carboxylic acids is 2. The lowest BCUT2D eigenvalue weighted by atomic mass is 10.0. The summed E-state index contributed by atoms with van der Waals surface area (Å²) in [6.07, 6.45) is 6.99. The van der Waals surface area contributed by atoms with Gasteiger partial charge >= 0.3 is 0 Å². The predicted octanol–water partition coefficient (Wildman–Crippen LogP) is 4.38. The van der Waals surface area contributed by atoms with Crippen LogP contribution in [0.4, 0.5) is 0 Å². The molecule has 1 heterocycles. The molecule has 0 unspecified atom stereocenters. The minimum atomic E-state index is 0.120. The topological polar surface area (TPSA) is 37.4 Å². The molecule has 4 heteroatoms. The molecule has 0 aromatic heterocycles. The Hall–Kier alpha value is -0.770. The van der Waals surface area contributed by atoms with Crippen molar-refractivity contribution >= 4 is 23.5 Å². The van der Waals surface area contributed by atoms with Crippen molar-refractivity contribution < 1.29 is 9.59 Å². The van der Waals surface area contributed by atoms with Gasteiger partial charge in [-0.25, -0.2) is 0 Å². The molecule has 1 aliphatic heterocycles. The summed E-state index contributed by atoms with van der Waals surface area (Å²) < 4.78 is 0. The molecular formula is C17H29NO2S. The number of hydrogen-bond donors (Lipinski definition) is 0. The van der Waals surface area contributed by atoms with Crippen LogP contribution in [0.3, 0.4) is 0 Å². The standard InChI is InChI=1S/C17H29NO2S/c1-14(2)8-5-4-6-9-16(19)10-7-11-17(20)18-12-13-21-15(18)3/h14H,3-13H2,1-2H3. The van der Waals surface area contributed by atoms with E-state index in [4.69, 9.17) is 0 Å². The lowest BCUT2D eigenvalue weighted by molar-refractivity contribution is -0.128. The van der Waals surface area contributed by atoms with Gasteiger partial charge in [0.15, 0.2) is 0 Å². The first kappa shape index (κ1) is 18.3. The van der Waals surface area contributed by atoms with E-state index in [1.54, 1.807) is 16.7 Å². The normalized spacial score (nSPS) is 15.0. The van der Waals surface area contributed by atoms with Gasteiger partial charge in [-0.3, -0.25) is 9.59 Å². The summed E-state index contributed by atoms with van der Waals surface area (Å²) in [5, 5.41) is 0.858. The molecule has 0 atom stereocenters. The van der Waals surface area contributed by atoms with Crippen LogP contribution in [0.15, 0.2) is 11.6 Å². The molecule has 120 valence electrons. The molecule has 1 fully saturated rings. The maximum absolute atomic E-state index is 11.9. The van der Waals surface area contributed by atoms with Crippen LogP contribution in [-0.4, -0.2) is 28.9 Å². The summed E-state index contributed by atoms with van der Waals surface area (Å²) in [5.74, 6) is 2.13. The summed E-state index contributed by atoms with van der Waals surface area (Å²) in [4.78, 5) is 25.5. The molecule has 1 aliphatic rings. The van der Waals surface area contributed by atoms with Crippen LogP contribution >= 0.6 is 11.8 Å². The number of ketones is 1. The second kappa shape index (κ2) is 10.0. The van der Waals surface area contributed by atoms with E-state index in [0.29, 0.717) is 31.5 Å². The lowest BCUT2D eigenvalue weighted by Gasteiger charge is -2.15. The first-order valence-electron chi connectivity index (χ1n) is 8.14. The van der Waals surface area contributed by atoms with Crippen molar-refractivity contribution in [3.63, 3.8) is 0 Å². The third-order valence-corrected chi connectivity index (χ3v) is 4.71. The van der Waals surface area contributed by atoms with Gasteiger partial charge < -0.3 is 4.90 Å². The van der Waals surface area contributed by atoms with Crippen molar-refractivity contribution in [1.29, 1.82) is 0 Å². The fourth-order valence-electron chi connectivity index (χ4n) is 2.47. The first-order valence-corrected chi connectivity index (χ1v) is 9.13. The van der Waals surface area contributed by atoms with E-state index in [9.17, 15) is 9.59 Å². The zero-order chi connectivity index (χ0) is 15.7. The predicted molar refractivity (Wildman–Crippen MR) is 90.1 cm³/mol. The highest BCUT2D eigenvalue weighted by Crippen LogP contribution is 2.26. The van der Waals surface area contributed by atoms with Gasteiger partial charge in [0, 0.05) is 31.6 Å². The molecule has 0 aromatic rings. The van der Waals surface area contributed by atoms with E-state index >= 15 is 0 Å². The Labute approximate surface area is 133 Å². The average Bonchev–Trinajstić information content (AvgIpc) is 2.84. The van der Waals surface area contributed by atoms with Crippen LogP contribution in [0, 0.1) is 5.92 Å². The fraction of sp³-hybridized carbons (Fsp3) is 0.765.